The number of likely N-dealkylation sites (N-methyl/N-ethyl adjacent to an activating group) is 1. The van der Waals surface area contributed by atoms with E-state index in [9.17, 15) is 19.5 Å². The zero-order chi connectivity index (χ0) is 19.6. The van der Waals surface area contributed by atoms with Gasteiger partial charge in [0.05, 0.1) is 0 Å². The third-order valence-electron chi connectivity index (χ3n) is 3.81. The van der Waals surface area contributed by atoms with Crippen LogP contribution >= 0.6 is 0 Å². The van der Waals surface area contributed by atoms with Crippen molar-refractivity contribution in [2.45, 2.75) is 19.1 Å². The third kappa shape index (κ3) is 6.81. The minimum atomic E-state index is -1.14. The van der Waals surface area contributed by atoms with Crippen molar-refractivity contribution in [2.75, 3.05) is 13.6 Å². The topological polar surface area (TPSA) is 95.9 Å². The van der Waals surface area contributed by atoms with E-state index in [0.29, 0.717) is 0 Å². The Balaban J connectivity index is 1.83. The van der Waals surface area contributed by atoms with E-state index in [1.807, 2.05) is 36.4 Å². The molecule has 2 amide bonds. The number of hydrogen-bond donors (Lipinski definition) is 2. The number of rotatable bonds is 8. The van der Waals surface area contributed by atoms with Crippen LogP contribution < -0.4 is 5.32 Å². The van der Waals surface area contributed by atoms with E-state index in [0.717, 1.165) is 16.0 Å². The van der Waals surface area contributed by atoms with Crippen molar-refractivity contribution in [3.05, 3.63) is 71.8 Å². The van der Waals surface area contributed by atoms with Gasteiger partial charge in [0.15, 0.2) is 0 Å². The molecular weight excluding hydrogens is 348 g/mol. The fraction of sp³-hybridized carbons (Fsp3) is 0.250. The molecule has 142 valence electrons. The van der Waals surface area contributed by atoms with E-state index in [1.54, 1.807) is 24.3 Å². The normalized spacial score (nSPS) is 11.3. The second-order valence-corrected chi connectivity index (χ2v) is 6.04. The molecule has 0 saturated heterocycles. The van der Waals surface area contributed by atoms with Crippen molar-refractivity contribution in [3.8, 4) is 0 Å². The van der Waals surface area contributed by atoms with Gasteiger partial charge >= 0.3 is 12.1 Å². The van der Waals surface area contributed by atoms with Gasteiger partial charge in [0.1, 0.15) is 19.2 Å². The molecule has 0 fully saturated rings. The Labute approximate surface area is 157 Å². The van der Waals surface area contributed by atoms with Gasteiger partial charge in [-0.05, 0) is 11.1 Å². The molecule has 2 aromatic carbocycles. The average molecular weight is 370 g/mol. The number of amides is 2. The standard InChI is InChI=1S/C20H22N2O5/c1-22(20(26)27-14-16-10-6-3-7-11-16)13-18(23)21-17(19(24)25)12-15-8-4-2-5-9-15/h2-11,17H,12-14H2,1H3,(H,21,23)(H,24,25)/t17-/m1/s1. The van der Waals surface area contributed by atoms with Crippen molar-refractivity contribution in [1.82, 2.24) is 10.2 Å². The molecule has 0 aliphatic heterocycles. The van der Waals surface area contributed by atoms with Crippen LogP contribution in [0.1, 0.15) is 11.1 Å². The van der Waals surface area contributed by atoms with Crippen molar-refractivity contribution >= 4 is 18.0 Å². The van der Waals surface area contributed by atoms with Crippen molar-refractivity contribution in [2.24, 2.45) is 0 Å². The van der Waals surface area contributed by atoms with Crippen LogP contribution in [-0.2, 0) is 27.4 Å². The molecule has 2 N–H and O–H groups in total. The van der Waals surface area contributed by atoms with Crippen LogP contribution in [0.25, 0.3) is 0 Å². The molecule has 0 unspecified atom stereocenters. The summed E-state index contributed by atoms with van der Waals surface area (Å²) >= 11 is 0. The van der Waals surface area contributed by atoms with Gasteiger partial charge in [-0.1, -0.05) is 60.7 Å². The minimum absolute atomic E-state index is 0.0946. The highest BCUT2D eigenvalue weighted by atomic mass is 16.6. The molecule has 0 saturated carbocycles. The Morgan fingerprint density at radius 2 is 1.56 bits per heavy atom. The van der Waals surface area contributed by atoms with Gasteiger partial charge in [0.2, 0.25) is 5.91 Å². The second-order valence-electron chi connectivity index (χ2n) is 6.04. The number of carboxylic acids is 1. The van der Waals surface area contributed by atoms with Crippen LogP contribution in [0.5, 0.6) is 0 Å². The number of aliphatic carboxylic acids is 1. The molecule has 0 radical (unpaired) electrons. The van der Waals surface area contributed by atoms with E-state index in [4.69, 9.17) is 4.74 Å². The van der Waals surface area contributed by atoms with Gasteiger partial charge in [-0.15, -0.1) is 0 Å². The summed E-state index contributed by atoms with van der Waals surface area (Å²) in [5, 5.41) is 11.8. The maximum Gasteiger partial charge on any atom is 0.410 e. The Bertz CT molecular complexity index is 764. The summed E-state index contributed by atoms with van der Waals surface area (Å²) in [4.78, 5) is 36.6. The third-order valence-corrected chi connectivity index (χ3v) is 3.81. The first-order valence-electron chi connectivity index (χ1n) is 8.43. The summed E-state index contributed by atoms with van der Waals surface area (Å²) < 4.78 is 5.13. The number of hydrogen-bond acceptors (Lipinski definition) is 4. The van der Waals surface area contributed by atoms with E-state index in [1.165, 1.54) is 7.05 Å². The highest BCUT2D eigenvalue weighted by Crippen LogP contribution is 2.05. The summed E-state index contributed by atoms with van der Waals surface area (Å²) in [6, 6.07) is 17.1. The average Bonchev–Trinajstić information content (AvgIpc) is 2.67. The lowest BCUT2D eigenvalue weighted by Crippen LogP contribution is -2.47. The van der Waals surface area contributed by atoms with Crippen LogP contribution in [0.15, 0.2) is 60.7 Å². The lowest BCUT2D eigenvalue weighted by Gasteiger charge is -2.19. The number of carboxylic acid groups (broad SMARTS) is 1. The molecule has 7 heteroatoms. The van der Waals surface area contributed by atoms with E-state index >= 15 is 0 Å². The summed E-state index contributed by atoms with van der Waals surface area (Å²) in [6.45, 7) is -0.205. The monoisotopic (exact) mass is 370 g/mol. The largest absolute Gasteiger partial charge is 0.480 e. The molecular formula is C20H22N2O5. The number of carbonyl (C=O) groups is 3. The Morgan fingerprint density at radius 3 is 2.11 bits per heavy atom. The SMILES string of the molecule is CN(CC(=O)N[C@H](Cc1ccccc1)C(=O)O)C(=O)OCc1ccccc1. The Hall–Kier alpha value is -3.35. The number of ether oxygens (including phenoxy) is 1. The predicted octanol–water partition coefficient (Wildman–Crippen LogP) is 2.07. The fourth-order valence-corrected chi connectivity index (χ4v) is 2.40. The van der Waals surface area contributed by atoms with Gasteiger partial charge in [0.25, 0.3) is 0 Å². The van der Waals surface area contributed by atoms with Crippen LogP contribution in [0.2, 0.25) is 0 Å². The molecule has 7 nitrogen and oxygen atoms in total. The Morgan fingerprint density at radius 1 is 1.00 bits per heavy atom. The maximum atomic E-state index is 12.1. The summed E-state index contributed by atoms with van der Waals surface area (Å²) in [6.07, 6.45) is -0.506. The van der Waals surface area contributed by atoms with Gasteiger partial charge < -0.3 is 20.1 Å². The molecule has 27 heavy (non-hydrogen) atoms. The van der Waals surface area contributed by atoms with E-state index in [2.05, 4.69) is 5.32 Å². The summed E-state index contributed by atoms with van der Waals surface area (Å²) in [5.41, 5.74) is 1.62. The minimum Gasteiger partial charge on any atom is -0.480 e. The van der Waals surface area contributed by atoms with Crippen LogP contribution in [0.3, 0.4) is 0 Å². The van der Waals surface area contributed by atoms with Gasteiger partial charge in [-0.2, -0.15) is 0 Å². The second kappa shape index (κ2) is 9.96. The number of nitrogens with zero attached hydrogens (tertiary/aromatic N) is 1. The highest BCUT2D eigenvalue weighted by Gasteiger charge is 2.22. The van der Waals surface area contributed by atoms with Crippen LogP contribution in [-0.4, -0.2) is 47.6 Å². The number of benzene rings is 2. The fourth-order valence-electron chi connectivity index (χ4n) is 2.40. The highest BCUT2D eigenvalue weighted by molar-refractivity contribution is 5.86. The first-order valence-corrected chi connectivity index (χ1v) is 8.43. The molecule has 0 aliphatic carbocycles. The van der Waals surface area contributed by atoms with Crippen LogP contribution in [0, 0.1) is 0 Å². The predicted molar refractivity (Wildman–Crippen MR) is 99.0 cm³/mol. The summed E-state index contributed by atoms with van der Waals surface area (Å²) in [5.74, 6) is -1.71. The van der Waals surface area contributed by atoms with Gasteiger partial charge in [0, 0.05) is 13.5 Å². The lowest BCUT2D eigenvalue weighted by molar-refractivity contribution is -0.141. The molecule has 0 heterocycles. The first kappa shape index (κ1) is 20.0. The maximum absolute atomic E-state index is 12.1. The number of carbonyl (C=O) groups excluding carboxylic acids is 2. The molecule has 0 aromatic heterocycles. The van der Waals surface area contributed by atoms with E-state index < -0.39 is 24.0 Å². The van der Waals surface area contributed by atoms with Crippen molar-refractivity contribution in [1.29, 1.82) is 0 Å². The van der Waals surface area contributed by atoms with E-state index in [-0.39, 0.29) is 19.6 Å². The van der Waals surface area contributed by atoms with Crippen LogP contribution in [0.4, 0.5) is 4.79 Å². The molecule has 2 aromatic rings. The van der Waals surface area contributed by atoms with Crippen molar-refractivity contribution in [3.63, 3.8) is 0 Å². The zero-order valence-electron chi connectivity index (χ0n) is 15.0. The smallest absolute Gasteiger partial charge is 0.410 e. The molecule has 2 rings (SSSR count). The number of nitrogens with one attached hydrogen (secondary N) is 1. The molecule has 0 aliphatic rings. The van der Waals surface area contributed by atoms with Crippen molar-refractivity contribution < 1.29 is 24.2 Å². The Kier molecular flexibility index (Phi) is 7.37. The molecule has 1 atom stereocenters. The molecule has 0 spiro atoms. The lowest BCUT2D eigenvalue weighted by atomic mass is 10.1. The summed E-state index contributed by atoms with van der Waals surface area (Å²) in [7, 11) is 1.42. The zero-order valence-corrected chi connectivity index (χ0v) is 15.0. The van der Waals surface area contributed by atoms with Gasteiger partial charge in [-0.25, -0.2) is 9.59 Å². The quantitative estimate of drug-likeness (QED) is 0.742. The van der Waals surface area contributed by atoms with Gasteiger partial charge in [-0.3, -0.25) is 4.79 Å². The first-order chi connectivity index (χ1) is 13.0. The molecule has 0 bridgehead atoms.